The van der Waals surface area contributed by atoms with Gasteiger partial charge >= 0.3 is 0 Å². The highest BCUT2D eigenvalue weighted by Crippen LogP contribution is 1.99. The Bertz CT molecular complexity index is 385. The molecule has 88 valence electrons. The largest absolute Gasteiger partial charge is 0.382 e. The molecule has 0 saturated carbocycles. The second-order valence-electron chi connectivity index (χ2n) is 3.61. The van der Waals surface area contributed by atoms with Crippen molar-refractivity contribution in [2.24, 2.45) is 0 Å². The van der Waals surface area contributed by atoms with E-state index in [-0.39, 0.29) is 30.0 Å². The number of amides is 2. The monoisotopic (exact) mass is 225 g/mol. The standard InChI is InChI=1S/C9H15N5O2/c1-5(2)12-8(15)4-11-9(16)6-3-7(10)14-13-6/h3,5H,4H2,1-2H3,(H,11,16)(H,12,15)(H3,10,13,14). The van der Waals surface area contributed by atoms with E-state index in [0.29, 0.717) is 0 Å². The van der Waals surface area contributed by atoms with E-state index in [0.717, 1.165) is 0 Å². The number of anilines is 1. The summed E-state index contributed by atoms with van der Waals surface area (Å²) in [6.45, 7) is 3.61. The predicted octanol–water partition coefficient (Wildman–Crippen LogP) is -0.754. The topological polar surface area (TPSA) is 113 Å². The Morgan fingerprint density at radius 3 is 2.75 bits per heavy atom. The number of hydrogen-bond donors (Lipinski definition) is 4. The van der Waals surface area contributed by atoms with Crippen molar-refractivity contribution in [1.82, 2.24) is 20.8 Å². The maximum atomic E-state index is 11.4. The van der Waals surface area contributed by atoms with Crippen LogP contribution in [0.2, 0.25) is 0 Å². The molecule has 0 aliphatic heterocycles. The van der Waals surface area contributed by atoms with Crippen molar-refractivity contribution in [3.63, 3.8) is 0 Å². The number of aromatic nitrogens is 2. The van der Waals surface area contributed by atoms with Crippen molar-refractivity contribution in [1.29, 1.82) is 0 Å². The number of carbonyl (C=O) groups is 2. The van der Waals surface area contributed by atoms with E-state index in [4.69, 9.17) is 5.73 Å². The summed E-state index contributed by atoms with van der Waals surface area (Å²) in [6, 6.07) is 1.45. The molecular formula is C9H15N5O2. The SMILES string of the molecule is CC(C)NC(=O)CNC(=O)c1cc(N)n[nH]1. The lowest BCUT2D eigenvalue weighted by molar-refractivity contribution is -0.120. The minimum atomic E-state index is -0.414. The molecule has 1 aromatic rings. The number of nitrogen functional groups attached to an aromatic ring is 1. The summed E-state index contributed by atoms with van der Waals surface area (Å²) in [7, 11) is 0. The number of rotatable bonds is 4. The van der Waals surface area contributed by atoms with Crippen molar-refractivity contribution < 1.29 is 9.59 Å². The Morgan fingerprint density at radius 1 is 1.56 bits per heavy atom. The van der Waals surface area contributed by atoms with E-state index in [1.165, 1.54) is 6.07 Å². The normalized spacial score (nSPS) is 10.2. The Balaban J connectivity index is 2.38. The zero-order chi connectivity index (χ0) is 12.1. The maximum Gasteiger partial charge on any atom is 0.269 e. The van der Waals surface area contributed by atoms with Gasteiger partial charge in [0.05, 0.1) is 6.54 Å². The molecule has 0 aromatic carbocycles. The smallest absolute Gasteiger partial charge is 0.269 e. The molecule has 2 amide bonds. The van der Waals surface area contributed by atoms with E-state index in [1.54, 1.807) is 0 Å². The Hall–Kier alpha value is -2.05. The third-order valence-electron chi connectivity index (χ3n) is 1.70. The molecule has 1 aromatic heterocycles. The van der Waals surface area contributed by atoms with Crippen LogP contribution < -0.4 is 16.4 Å². The first-order chi connectivity index (χ1) is 7.49. The molecule has 7 heteroatoms. The van der Waals surface area contributed by atoms with E-state index >= 15 is 0 Å². The molecule has 0 saturated heterocycles. The number of aromatic amines is 1. The van der Waals surface area contributed by atoms with Gasteiger partial charge < -0.3 is 16.4 Å². The number of H-pyrrole nitrogens is 1. The number of hydrogen-bond acceptors (Lipinski definition) is 4. The van der Waals surface area contributed by atoms with E-state index < -0.39 is 5.91 Å². The van der Waals surface area contributed by atoms with Crippen molar-refractivity contribution in [2.45, 2.75) is 19.9 Å². The molecule has 16 heavy (non-hydrogen) atoms. The lowest BCUT2D eigenvalue weighted by Gasteiger charge is -2.08. The molecule has 0 radical (unpaired) electrons. The Kier molecular flexibility index (Phi) is 3.87. The fourth-order valence-electron chi connectivity index (χ4n) is 1.08. The van der Waals surface area contributed by atoms with Crippen LogP contribution in [-0.4, -0.2) is 34.6 Å². The van der Waals surface area contributed by atoms with Gasteiger partial charge in [-0.3, -0.25) is 14.7 Å². The second-order valence-corrected chi connectivity index (χ2v) is 3.61. The van der Waals surface area contributed by atoms with Gasteiger partial charge in [-0.15, -0.1) is 0 Å². The van der Waals surface area contributed by atoms with Crippen molar-refractivity contribution in [3.8, 4) is 0 Å². The number of carbonyl (C=O) groups excluding carboxylic acids is 2. The number of nitrogens with two attached hydrogens (primary N) is 1. The summed E-state index contributed by atoms with van der Waals surface area (Å²) in [5, 5.41) is 11.1. The minimum Gasteiger partial charge on any atom is -0.382 e. The average Bonchev–Trinajstić information content (AvgIpc) is 2.60. The van der Waals surface area contributed by atoms with Crippen molar-refractivity contribution >= 4 is 17.6 Å². The van der Waals surface area contributed by atoms with Gasteiger partial charge in [-0.2, -0.15) is 5.10 Å². The summed E-state index contributed by atoms with van der Waals surface area (Å²) < 4.78 is 0. The second kappa shape index (κ2) is 5.15. The lowest BCUT2D eigenvalue weighted by atomic mass is 10.3. The van der Waals surface area contributed by atoms with Crippen molar-refractivity contribution in [3.05, 3.63) is 11.8 Å². The van der Waals surface area contributed by atoms with Crippen molar-refractivity contribution in [2.75, 3.05) is 12.3 Å². The molecule has 0 unspecified atom stereocenters. The van der Waals surface area contributed by atoms with Crippen LogP contribution in [0.4, 0.5) is 5.82 Å². The molecule has 7 nitrogen and oxygen atoms in total. The van der Waals surface area contributed by atoms with Crippen LogP contribution in [0.15, 0.2) is 6.07 Å². The van der Waals surface area contributed by atoms with Gasteiger partial charge in [0.2, 0.25) is 5.91 Å². The van der Waals surface area contributed by atoms with Gasteiger partial charge in [-0.05, 0) is 13.8 Å². The molecule has 0 atom stereocenters. The highest BCUT2D eigenvalue weighted by atomic mass is 16.2. The average molecular weight is 225 g/mol. The third kappa shape index (κ3) is 3.60. The van der Waals surface area contributed by atoms with Crippen LogP contribution in [0.1, 0.15) is 24.3 Å². The van der Waals surface area contributed by atoms with E-state index in [1.807, 2.05) is 13.8 Å². The molecule has 0 spiro atoms. The third-order valence-corrected chi connectivity index (χ3v) is 1.70. The van der Waals surface area contributed by atoms with Crippen LogP contribution in [0.5, 0.6) is 0 Å². The highest BCUT2D eigenvalue weighted by Gasteiger charge is 2.10. The van der Waals surface area contributed by atoms with Crippen LogP contribution in [0.3, 0.4) is 0 Å². The van der Waals surface area contributed by atoms with Gasteiger partial charge in [-0.25, -0.2) is 0 Å². The zero-order valence-corrected chi connectivity index (χ0v) is 9.20. The molecule has 5 N–H and O–H groups in total. The fraction of sp³-hybridized carbons (Fsp3) is 0.444. The summed E-state index contributed by atoms with van der Waals surface area (Å²) in [5.41, 5.74) is 5.57. The molecule has 0 aliphatic rings. The number of nitrogens with one attached hydrogen (secondary N) is 3. The zero-order valence-electron chi connectivity index (χ0n) is 9.20. The van der Waals surface area contributed by atoms with Gasteiger partial charge in [0.15, 0.2) is 0 Å². The maximum absolute atomic E-state index is 11.4. The first-order valence-corrected chi connectivity index (χ1v) is 4.87. The minimum absolute atomic E-state index is 0.0483. The summed E-state index contributed by atoms with van der Waals surface area (Å²) in [4.78, 5) is 22.6. The van der Waals surface area contributed by atoms with Gasteiger partial charge in [-0.1, -0.05) is 0 Å². The molecular weight excluding hydrogens is 210 g/mol. The number of nitrogens with zero attached hydrogens (tertiary/aromatic N) is 1. The lowest BCUT2D eigenvalue weighted by Crippen LogP contribution is -2.39. The molecule has 0 fully saturated rings. The molecule has 1 rings (SSSR count). The Morgan fingerprint density at radius 2 is 2.25 bits per heavy atom. The Labute approximate surface area is 92.8 Å². The van der Waals surface area contributed by atoms with E-state index in [2.05, 4.69) is 20.8 Å². The first kappa shape index (κ1) is 12.0. The predicted molar refractivity (Wildman–Crippen MR) is 58.6 cm³/mol. The summed E-state index contributed by atoms with van der Waals surface area (Å²) in [6.07, 6.45) is 0. The summed E-state index contributed by atoms with van der Waals surface area (Å²) in [5.74, 6) is -0.421. The van der Waals surface area contributed by atoms with Gasteiger partial charge in [0.1, 0.15) is 11.5 Å². The van der Waals surface area contributed by atoms with Gasteiger partial charge in [0.25, 0.3) is 5.91 Å². The quantitative estimate of drug-likeness (QED) is 0.539. The van der Waals surface area contributed by atoms with Crippen LogP contribution >= 0.6 is 0 Å². The fourth-order valence-corrected chi connectivity index (χ4v) is 1.08. The van der Waals surface area contributed by atoms with Crippen LogP contribution in [0.25, 0.3) is 0 Å². The molecule has 1 heterocycles. The van der Waals surface area contributed by atoms with Crippen LogP contribution in [0, 0.1) is 0 Å². The summed E-state index contributed by atoms with van der Waals surface area (Å²) >= 11 is 0. The van der Waals surface area contributed by atoms with E-state index in [9.17, 15) is 9.59 Å². The van der Waals surface area contributed by atoms with Crippen LogP contribution in [-0.2, 0) is 4.79 Å². The highest BCUT2D eigenvalue weighted by molar-refractivity contribution is 5.95. The molecule has 0 bridgehead atoms. The molecule has 0 aliphatic carbocycles. The van der Waals surface area contributed by atoms with Gasteiger partial charge in [0, 0.05) is 12.1 Å². The first-order valence-electron chi connectivity index (χ1n) is 4.87.